The predicted molar refractivity (Wildman–Crippen MR) is 94.5 cm³/mol. The summed E-state index contributed by atoms with van der Waals surface area (Å²) >= 11 is 6.05. The first-order chi connectivity index (χ1) is 11.9. The molecule has 2 fully saturated rings. The molecule has 1 aromatic carbocycles. The van der Waals surface area contributed by atoms with Crippen LogP contribution in [-0.4, -0.2) is 47.4 Å². The Kier molecular flexibility index (Phi) is 4.85. The summed E-state index contributed by atoms with van der Waals surface area (Å²) in [6.07, 6.45) is 0.969. The molecule has 0 unspecified atom stereocenters. The van der Waals surface area contributed by atoms with E-state index in [9.17, 15) is 14.4 Å². The summed E-state index contributed by atoms with van der Waals surface area (Å²) in [5.74, 6) is -0.232. The van der Waals surface area contributed by atoms with Crippen molar-refractivity contribution in [1.82, 2.24) is 15.5 Å². The van der Waals surface area contributed by atoms with Crippen molar-refractivity contribution >= 4 is 35.1 Å². The van der Waals surface area contributed by atoms with Crippen LogP contribution in [0.2, 0.25) is 5.02 Å². The van der Waals surface area contributed by atoms with Crippen LogP contribution in [0.5, 0.6) is 0 Å². The Labute approximate surface area is 151 Å². The molecule has 25 heavy (non-hydrogen) atoms. The fourth-order valence-electron chi connectivity index (χ4n) is 3.33. The number of halogens is 1. The van der Waals surface area contributed by atoms with Crippen molar-refractivity contribution in [1.29, 1.82) is 0 Å². The highest BCUT2D eigenvalue weighted by atomic mass is 35.5. The average Bonchev–Trinajstić information content (AvgIpc) is 2.99. The maximum Gasteiger partial charge on any atom is 0.319 e. The van der Waals surface area contributed by atoms with E-state index in [1.165, 1.54) is 0 Å². The van der Waals surface area contributed by atoms with Gasteiger partial charge < -0.3 is 20.9 Å². The summed E-state index contributed by atoms with van der Waals surface area (Å²) in [7, 11) is 0. The maximum absolute atomic E-state index is 12.4. The molecular formula is C17H21ClN4O3. The normalized spacial score (nSPS) is 25.4. The molecule has 0 bridgehead atoms. The van der Waals surface area contributed by atoms with Crippen molar-refractivity contribution in [2.75, 3.05) is 11.9 Å². The summed E-state index contributed by atoms with van der Waals surface area (Å²) < 4.78 is 0. The number of urea groups is 1. The molecule has 2 aliphatic rings. The van der Waals surface area contributed by atoms with Gasteiger partial charge in [0.15, 0.2) is 0 Å². The molecule has 0 saturated carbocycles. The van der Waals surface area contributed by atoms with Crippen LogP contribution in [0, 0.1) is 6.92 Å². The fraction of sp³-hybridized carbons (Fsp3) is 0.471. The van der Waals surface area contributed by atoms with E-state index in [1.54, 1.807) is 23.1 Å². The lowest BCUT2D eigenvalue weighted by Gasteiger charge is -2.33. The number of carbonyl (C=O) groups is 3. The Hall–Kier alpha value is -2.28. The monoisotopic (exact) mass is 364 g/mol. The minimum Gasteiger partial charge on any atom is -0.343 e. The average molecular weight is 365 g/mol. The van der Waals surface area contributed by atoms with Crippen molar-refractivity contribution in [2.24, 2.45) is 0 Å². The second-order valence-corrected chi connectivity index (χ2v) is 6.83. The van der Waals surface area contributed by atoms with Crippen LogP contribution in [-0.2, 0) is 9.59 Å². The third-order valence-corrected chi connectivity index (χ3v) is 5.17. The number of hydrogen-bond donors (Lipinski definition) is 3. The van der Waals surface area contributed by atoms with Crippen LogP contribution in [0.4, 0.5) is 10.5 Å². The Balaban J connectivity index is 1.63. The van der Waals surface area contributed by atoms with Gasteiger partial charge in [-0.1, -0.05) is 24.6 Å². The van der Waals surface area contributed by atoms with Crippen LogP contribution in [0.1, 0.15) is 25.3 Å². The molecule has 0 aromatic heterocycles. The van der Waals surface area contributed by atoms with Gasteiger partial charge in [-0.25, -0.2) is 4.79 Å². The smallest absolute Gasteiger partial charge is 0.319 e. The van der Waals surface area contributed by atoms with Crippen molar-refractivity contribution < 1.29 is 14.4 Å². The number of benzene rings is 1. The molecule has 2 heterocycles. The van der Waals surface area contributed by atoms with Gasteiger partial charge in [-0.05, 0) is 37.5 Å². The number of amides is 4. The zero-order valence-corrected chi connectivity index (χ0v) is 14.9. The van der Waals surface area contributed by atoms with Gasteiger partial charge >= 0.3 is 6.03 Å². The highest BCUT2D eigenvalue weighted by Gasteiger charge is 2.46. The first-order valence-electron chi connectivity index (χ1n) is 8.34. The predicted octanol–water partition coefficient (Wildman–Crippen LogP) is 1.65. The van der Waals surface area contributed by atoms with Gasteiger partial charge in [0, 0.05) is 17.3 Å². The van der Waals surface area contributed by atoms with Gasteiger partial charge in [0.2, 0.25) is 11.8 Å². The third-order valence-electron chi connectivity index (χ3n) is 4.76. The lowest BCUT2D eigenvalue weighted by molar-refractivity contribution is -0.147. The summed E-state index contributed by atoms with van der Waals surface area (Å²) in [6.45, 7) is 4.02. The molecule has 1 aromatic rings. The molecule has 2 aliphatic heterocycles. The van der Waals surface area contributed by atoms with Gasteiger partial charge in [-0.15, -0.1) is 0 Å². The highest BCUT2D eigenvalue weighted by Crippen LogP contribution is 2.25. The molecule has 8 heteroatoms. The number of nitrogens with one attached hydrogen (secondary N) is 3. The first kappa shape index (κ1) is 17.5. The van der Waals surface area contributed by atoms with E-state index in [0.717, 1.165) is 5.56 Å². The number of piperazine rings is 1. The molecule has 0 radical (unpaired) electrons. The molecule has 3 N–H and O–H groups in total. The molecule has 7 nitrogen and oxygen atoms in total. The van der Waals surface area contributed by atoms with E-state index >= 15 is 0 Å². The molecule has 2 saturated heterocycles. The number of fused-ring (bicyclic) bond motifs is 1. The zero-order valence-electron chi connectivity index (χ0n) is 14.1. The van der Waals surface area contributed by atoms with Crippen LogP contribution in [0.3, 0.4) is 0 Å². The van der Waals surface area contributed by atoms with E-state index in [4.69, 9.17) is 11.6 Å². The van der Waals surface area contributed by atoms with Crippen LogP contribution < -0.4 is 16.0 Å². The van der Waals surface area contributed by atoms with E-state index in [1.807, 2.05) is 13.8 Å². The summed E-state index contributed by atoms with van der Waals surface area (Å²) in [4.78, 5) is 38.3. The van der Waals surface area contributed by atoms with E-state index in [0.29, 0.717) is 30.1 Å². The van der Waals surface area contributed by atoms with Gasteiger partial charge in [-0.3, -0.25) is 9.59 Å². The van der Waals surface area contributed by atoms with Gasteiger partial charge in [-0.2, -0.15) is 0 Å². The Bertz CT molecular complexity index is 724. The maximum atomic E-state index is 12.4. The largest absolute Gasteiger partial charge is 0.343 e. The van der Waals surface area contributed by atoms with Crippen LogP contribution in [0.15, 0.2) is 18.2 Å². The second-order valence-electron chi connectivity index (χ2n) is 6.42. The van der Waals surface area contributed by atoms with Crippen molar-refractivity contribution in [3.63, 3.8) is 0 Å². The lowest BCUT2D eigenvalue weighted by atomic mass is 10.1. The molecule has 0 aliphatic carbocycles. The molecular weight excluding hydrogens is 344 g/mol. The van der Waals surface area contributed by atoms with Crippen molar-refractivity contribution in [2.45, 2.75) is 44.8 Å². The standard InChI is InChI=1S/C17H21ClN4O3/c1-3-12-16(24)22-8-10(7-14(22)15(23)20-12)19-17(25)21-13-6-4-5-11(18)9(13)2/h4-6,10,12,14H,3,7-8H2,1-2H3,(H,20,23)(H2,19,21,25)/t10-,12-,14-/m0/s1. The Morgan fingerprint density at radius 3 is 2.88 bits per heavy atom. The van der Waals surface area contributed by atoms with Gasteiger partial charge in [0.25, 0.3) is 0 Å². The minimum atomic E-state index is -0.506. The van der Waals surface area contributed by atoms with Crippen LogP contribution in [0.25, 0.3) is 0 Å². The first-order valence-corrected chi connectivity index (χ1v) is 8.72. The highest BCUT2D eigenvalue weighted by molar-refractivity contribution is 6.31. The van der Waals surface area contributed by atoms with E-state index in [-0.39, 0.29) is 23.9 Å². The fourth-order valence-corrected chi connectivity index (χ4v) is 3.50. The lowest BCUT2D eigenvalue weighted by Crippen LogP contribution is -2.60. The number of carbonyl (C=O) groups excluding carboxylic acids is 3. The summed E-state index contributed by atoms with van der Waals surface area (Å²) in [5, 5.41) is 8.91. The zero-order chi connectivity index (χ0) is 18.1. The molecule has 0 spiro atoms. The van der Waals surface area contributed by atoms with Crippen molar-refractivity contribution in [3.8, 4) is 0 Å². The topological polar surface area (TPSA) is 90.5 Å². The third kappa shape index (κ3) is 3.42. The summed E-state index contributed by atoms with van der Waals surface area (Å²) in [6, 6.07) is 3.66. The minimum absolute atomic E-state index is 0.0810. The number of anilines is 1. The second kappa shape index (κ2) is 6.92. The number of rotatable bonds is 3. The molecule has 4 amide bonds. The van der Waals surface area contributed by atoms with Gasteiger partial charge in [0.05, 0.1) is 6.04 Å². The SMILES string of the molecule is CC[C@@H]1NC(=O)[C@@H]2C[C@H](NC(=O)Nc3cccc(Cl)c3C)CN2C1=O. The number of hydrogen-bond acceptors (Lipinski definition) is 3. The quantitative estimate of drug-likeness (QED) is 0.761. The Morgan fingerprint density at radius 1 is 1.40 bits per heavy atom. The molecule has 3 rings (SSSR count). The van der Waals surface area contributed by atoms with Gasteiger partial charge in [0.1, 0.15) is 12.1 Å². The number of nitrogens with zero attached hydrogens (tertiary/aromatic N) is 1. The van der Waals surface area contributed by atoms with E-state index < -0.39 is 12.1 Å². The van der Waals surface area contributed by atoms with E-state index in [2.05, 4.69) is 16.0 Å². The molecule has 134 valence electrons. The molecule has 3 atom stereocenters. The summed E-state index contributed by atoms with van der Waals surface area (Å²) in [5.41, 5.74) is 1.41. The Morgan fingerprint density at radius 2 is 2.16 bits per heavy atom. The van der Waals surface area contributed by atoms with Crippen molar-refractivity contribution in [3.05, 3.63) is 28.8 Å². The van der Waals surface area contributed by atoms with Crippen LogP contribution >= 0.6 is 11.6 Å².